The number of nitrogens with zero attached hydrogens (tertiary/aromatic N) is 1. The van der Waals surface area contributed by atoms with Gasteiger partial charge in [-0.25, -0.2) is 0 Å². The monoisotopic (exact) mass is 352 g/mol. The van der Waals surface area contributed by atoms with Crippen molar-refractivity contribution >= 4 is 17.4 Å². The second-order valence-electron chi connectivity index (χ2n) is 5.89. The largest absolute Gasteiger partial charge is 0.507 e. The van der Waals surface area contributed by atoms with Crippen molar-refractivity contribution in [3.05, 3.63) is 71.3 Å². The molecular weight excluding hydrogens is 332 g/mol. The van der Waals surface area contributed by atoms with Crippen LogP contribution < -0.4 is 10.5 Å². The van der Waals surface area contributed by atoms with Crippen LogP contribution >= 0.6 is 0 Å². The van der Waals surface area contributed by atoms with Crippen LogP contribution in [-0.4, -0.2) is 41.9 Å². The molecule has 3 N–H and O–H groups in total. The summed E-state index contributed by atoms with van der Waals surface area (Å²) in [4.78, 5) is 26.6. The first-order valence-electron chi connectivity index (χ1n) is 8.27. The van der Waals surface area contributed by atoms with Gasteiger partial charge in [0.1, 0.15) is 11.5 Å². The molecule has 2 aromatic carbocycles. The predicted octanol–water partition coefficient (Wildman–Crippen LogP) is 2.08. The van der Waals surface area contributed by atoms with Gasteiger partial charge in [-0.1, -0.05) is 48.5 Å². The number of aliphatic hydroxyl groups is 1. The highest BCUT2D eigenvalue weighted by molar-refractivity contribution is 6.46. The van der Waals surface area contributed by atoms with Crippen molar-refractivity contribution < 1.29 is 19.4 Å². The molecule has 1 amide bonds. The number of hydrogen-bond acceptors (Lipinski definition) is 5. The lowest BCUT2D eigenvalue weighted by Gasteiger charge is -2.26. The fourth-order valence-corrected chi connectivity index (χ4v) is 3.22. The molecule has 6 nitrogen and oxygen atoms in total. The maximum absolute atomic E-state index is 12.7. The minimum atomic E-state index is -0.755. The minimum absolute atomic E-state index is 0.0409. The highest BCUT2D eigenvalue weighted by Crippen LogP contribution is 2.42. The van der Waals surface area contributed by atoms with Crippen molar-refractivity contribution in [2.45, 2.75) is 6.04 Å². The Bertz CT molecular complexity index is 861. The molecule has 0 aliphatic carbocycles. The Morgan fingerprint density at radius 2 is 1.77 bits per heavy atom. The summed E-state index contributed by atoms with van der Waals surface area (Å²) in [6, 6.07) is 15.0. The van der Waals surface area contributed by atoms with Crippen molar-refractivity contribution in [2.75, 3.05) is 20.2 Å². The van der Waals surface area contributed by atoms with Crippen LogP contribution in [0.5, 0.6) is 5.75 Å². The first kappa shape index (κ1) is 17.7. The van der Waals surface area contributed by atoms with E-state index in [0.29, 0.717) is 16.9 Å². The molecule has 3 rings (SSSR count). The normalized spacial score (nSPS) is 19.0. The maximum Gasteiger partial charge on any atom is 0.295 e. The maximum atomic E-state index is 12.7. The van der Waals surface area contributed by atoms with Gasteiger partial charge in [0.05, 0.1) is 18.7 Å². The van der Waals surface area contributed by atoms with E-state index >= 15 is 0 Å². The van der Waals surface area contributed by atoms with Gasteiger partial charge in [0.15, 0.2) is 0 Å². The summed E-state index contributed by atoms with van der Waals surface area (Å²) in [7, 11) is 1.52. The number of likely N-dealkylation sites (tertiary alicyclic amines) is 1. The number of aliphatic hydroxyl groups excluding tert-OH is 1. The van der Waals surface area contributed by atoms with Crippen molar-refractivity contribution in [1.29, 1.82) is 0 Å². The number of amides is 1. The van der Waals surface area contributed by atoms with Gasteiger partial charge in [-0.15, -0.1) is 0 Å². The van der Waals surface area contributed by atoms with Crippen molar-refractivity contribution in [3.8, 4) is 5.75 Å². The molecule has 1 saturated heterocycles. The Morgan fingerprint density at radius 1 is 1.12 bits per heavy atom. The number of carbonyl (C=O) groups excluding carboxylic acids is 2. The lowest BCUT2D eigenvalue weighted by molar-refractivity contribution is -0.139. The molecule has 2 aromatic rings. The highest BCUT2D eigenvalue weighted by Gasteiger charge is 2.46. The lowest BCUT2D eigenvalue weighted by Crippen LogP contribution is -2.34. The Morgan fingerprint density at radius 3 is 2.42 bits per heavy atom. The number of para-hydroxylation sites is 1. The zero-order chi connectivity index (χ0) is 18.7. The van der Waals surface area contributed by atoms with Crippen LogP contribution in [0.25, 0.3) is 5.76 Å². The third-order valence-electron chi connectivity index (χ3n) is 4.39. The smallest absolute Gasteiger partial charge is 0.295 e. The molecule has 6 heteroatoms. The third-order valence-corrected chi connectivity index (χ3v) is 4.39. The molecule has 0 radical (unpaired) electrons. The number of nitrogens with two attached hydrogens (primary N) is 1. The second-order valence-corrected chi connectivity index (χ2v) is 5.89. The fourth-order valence-electron chi connectivity index (χ4n) is 3.22. The van der Waals surface area contributed by atoms with Crippen molar-refractivity contribution in [3.63, 3.8) is 0 Å². The van der Waals surface area contributed by atoms with Gasteiger partial charge < -0.3 is 20.5 Å². The zero-order valence-corrected chi connectivity index (χ0v) is 14.4. The number of Topliss-reactive ketones (excluding diaryl/α,β-unsaturated/α-hetero) is 1. The van der Waals surface area contributed by atoms with Crippen LogP contribution in [0.15, 0.2) is 60.2 Å². The molecule has 1 unspecified atom stereocenters. The summed E-state index contributed by atoms with van der Waals surface area (Å²) in [6.07, 6.45) is 0. The minimum Gasteiger partial charge on any atom is -0.507 e. The number of ketones is 1. The summed E-state index contributed by atoms with van der Waals surface area (Å²) in [5.74, 6) is -1.08. The van der Waals surface area contributed by atoms with E-state index in [1.54, 1.807) is 48.5 Å². The van der Waals surface area contributed by atoms with Crippen LogP contribution in [0.2, 0.25) is 0 Å². The number of methoxy groups -OCH3 is 1. The first-order valence-corrected chi connectivity index (χ1v) is 8.27. The van der Waals surface area contributed by atoms with Crippen LogP contribution in [0.1, 0.15) is 17.2 Å². The number of ether oxygens (including phenoxy) is 1. The Balaban J connectivity index is 2.23. The predicted molar refractivity (Wildman–Crippen MR) is 97.5 cm³/mol. The number of benzene rings is 2. The average molecular weight is 352 g/mol. The van der Waals surface area contributed by atoms with Gasteiger partial charge in [0, 0.05) is 24.2 Å². The van der Waals surface area contributed by atoms with E-state index < -0.39 is 17.7 Å². The molecule has 1 heterocycles. The molecule has 0 aromatic heterocycles. The van der Waals surface area contributed by atoms with Crippen LogP contribution in [0.4, 0.5) is 0 Å². The average Bonchev–Trinajstić information content (AvgIpc) is 2.93. The molecule has 1 atom stereocenters. The van der Waals surface area contributed by atoms with E-state index in [1.807, 2.05) is 6.07 Å². The number of carbonyl (C=O) groups is 2. The Labute approximate surface area is 151 Å². The van der Waals surface area contributed by atoms with Crippen LogP contribution in [0.3, 0.4) is 0 Å². The topological polar surface area (TPSA) is 92.9 Å². The van der Waals surface area contributed by atoms with Crippen LogP contribution in [-0.2, 0) is 9.59 Å². The molecule has 0 bridgehead atoms. The van der Waals surface area contributed by atoms with E-state index in [4.69, 9.17) is 10.5 Å². The Hall–Kier alpha value is -3.12. The van der Waals surface area contributed by atoms with Gasteiger partial charge in [0.2, 0.25) is 0 Å². The Kier molecular flexibility index (Phi) is 5.04. The van der Waals surface area contributed by atoms with E-state index in [-0.39, 0.29) is 24.4 Å². The standard InChI is InChI=1S/C20H20N2O4/c1-26-15-10-6-5-9-14(15)17-16(18(23)13-7-3-2-4-8-13)19(24)20(25)22(17)12-11-21/h2-10,17,23H,11-12,21H2,1H3/b18-16+. The molecule has 134 valence electrons. The number of rotatable bonds is 5. The van der Waals surface area contributed by atoms with Gasteiger partial charge in [0.25, 0.3) is 11.7 Å². The molecule has 0 spiro atoms. The SMILES string of the molecule is COc1ccccc1C1/C(=C(\O)c2ccccc2)C(=O)C(=O)N1CCN. The van der Waals surface area contributed by atoms with Gasteiger partial charge >= 0.3 is 0 Å². The van der Waals surface area contributed by atoms with E-state index in [2.05, 4.69) is 0 Å². The first-order chi connectivity index (χ1) is 12.6. The fraction of sp³-hybridized carbons (Fsp3) is 0.200. The summed E-state index contributed by atoms with van der Waals surface area (Å²) < 4.78 is 5.40. The summed E-state index contributed by atoms with van der Waals surface area (Å²) >= 11 is 0. The van der Waals surface area contributed by atoms with Gasteiger partial charge in [-0.3, -0.25) is 9.59 Å². The molecule has 1 fully saturated rings. The summed E-state index contributed by atoms with van der Waals surface area (Å²) in [5, 5.41) is 10.8. The van der Waals surface area contributed by atoms with Crippen LogP contribution in [0, 0.1) is 0 Å². The lowest BCUT2D eigenvalue weighted by atomic mass is 9.94. The van der Waals surface area contributed by atoms with E-state index in [0.717, 1.165) is 0 Å². The number of hydrogen-bond donors (Lipinski definition) is 2. The molecule has 1 aliphatic rings. The summed E-state index contributed by atoms with van der Waals surface area (Å²) in [6.45, 7) is 0.392. The molecule has 1 aliphatic heterocycles. The molecule has 0 saturated carbocycles. The quantitative estimate of drug-likeness (QED) is 0.488. The third kappa shape index (κ3) is 2.95. The van der Waals surface area contributed by atoms with Gasteiger partial charge in [-0.2, -0.15) is 0 Å². The zero-order valence-electron chi connectivity index (χ0n) is 14.4. The van der Waals surface area contributed by atoms with E-state index in [1.165, 1.54) is 12.0 Å². The second kappa shape index (κ2) is 7.41. The molecular formula is C20H20N2O4. The van der Waals surface area contributed by atoms with Crippen molar-refractivity contribution in [1.82, 2.24) is 4.90 Å². The van der Waals surface area contributed by atoms with Crippen molar-refractivity contribution in [2.24, 2.45) is 5.73 Å². The van der Waals surface area contributed by atoms with E-state index in [9.17, 15) is 14.7 Å². The summed E-state index contributed by atoms with van der Waals surface area (Å²) in [5.41, 5.74) is 6.78. The molecule has 26 heavy (non-hydrogen) atoms. The highest BCUT2D eigenvalue weighted by atomic mass is 16.5. The van der Waals surface area contributed by atoms with Gasteiger partial charge in [-0.05, 0) is 6.07 Å².